The first kappa shape index (κ1) is 24.8. The minimum Gasteiger partial charge on any atom is -0.379 e. The van der Waals surface area contributed by atoms with Crippen LogP contribution >= 0.6 is 0 Å². The van der Waals surface area contributed by atoms with Crippen molar-refractivity contribution in [3.05, 3.63) is 0 Å². The molecule has 0 fully saturated rings. The Morgan fingerprint density at radius 1 is 0.600 bits per heavy atom. The van der Waals surface area contributed by atoms with Crippen molar-refractivity contribution in [1.82, 2.24) is 5.32 Å². The lowest BCUT2D eigenvalue weighted by Crippen LogP contribution is -2.27. The Balaban J connectivity index is 3.01. The zero-order chi connectivity index (χ0) is 18.6. The van der Waals surface area contributed by atoms with Gasteiger partial charge in [0.05, 0.1) is 59.5 Å². The quantitative estimate of drug-likeness (QED) is 0.335. The monoisotopic (exact) mass is 363 g/mol. The molecule has 0 heterocycles. The van der Waals surface area contributed by atoms with Crippen LogP contribution in [-0.4, -0.2) is 78.7 Å². The molecular formula is C19H41NO5. The SMILES string of the molecule is CCC(C)CCOCCOCCOCCOCCOCCNC(C)C. The predicted molar refractivity (Wildman–Crippen MR) is 101 cm³/mol. The molecule has 0 amide bonds. The van der Waals surface area contributed by atoms with Gasteiger partial charge in [-0.3, -0.25) is 0 Å². The number of nitrogens with one attached hydrogen (secondary N) is 1. The van der Waals surface area contributed by atoms with Gasteiger partial charge in [-0.2, -0.15) is 0 Å². The molecule has 6 heteroatoms. The van der Waals surface area contributed by atoms with Gasteiger partial charge >= 0.3 is 0 Å². The molecular weight excluding hydrogens is 322 g/mol. The van der Waals surface area contributed by atoms with Crippen molar-refractivity contribution in [2.45, 2.75) is 46.6 Å². The molecule has 0 saturated heterocycles. The van der Waals surface area contributed by atoms with Gasteiger partial charge in [0.1, 0.15) is 0 Å². The second-order valence-corrected chi connectivity index (χ2v) is 6.47. The first-order chi connectivity index (χ1) is 12.2. The molecule has 0 aromatic rings. The molecule has 25 heavy (non-hydrogen) atoms. The van der Waals surface area contributed by atoms with Crippen LogP contribution in [0.2, 0.25) is 0 Å². The minimum atomic E-state index is 0.503. The molecule has 0 spiro atoms. The van der Waals surface area contributed by atoms with Crippen LogP contribution in [0.25, 0.3) is 0 Å². The number of ether oxygens (including phenoxy) is 5. The molecule has 0 aliphatic heterocycles. The van der Waals surface area contributed by atoms with E-state index in [9.17, 15) is 0 Å². The van der Waals surface area contributed by atoms with E-state index >= 15 is 0 Å². The molecule has 0 bridgehead atoms. The molecule has 152 valence electrons. The van der Waals surface area contributed by atoms with Gasteiger partial charge in [-0.15, -0.1) is 0 Å². The molecule has 0 aliphatic rings. The van der Waals surface area contributed by atoms with E-state index in [1.807, 2.05) is 0 Å². The fourth-order valence-electron chi connectivity index (χ4n) is 1.89. The van der Waals surface area contributed by atoms with Crippen LogP contribution in [0, 0.1) is 5.92 Å². The average Bonchev–Trinajstić information content (AvgIpc) is 2.60. The van der Waals surface area contributed by atoms with Crippen LogP contribution in [-0.2, 0) is 23.7 Å². The maximum absolute atomic E-state index is 5.52. The topological polar surface area (TPSA) is 58.2 Å². The molecule has 0 rings (SSSR count). The van der Waals surface area contributed by atoms with Gasteiger partial charge in [0.25, 0.3) is 0 Å². The summed E-state index contributed by atoms with van der Waals surface area (Å²) >= 11 is 0. The number of hydrogen-bond donors (Lipinski definition) is 1. The summed E-state index contributed by atoms with van der Waals surface area (Å²) in [4.78, 5) is 0. The predicted octanol–water partition coefficient (Wildman–Crippen LogP) is 2.50. The molecule has 0 aromatic carbocycles. The molecule has 0 aromatic heterocycles. The molecule has 0 radical (unpaired) electrons. The fourth-order valence-corrected chi connectivity index (χ4v) is 1.89. The molecule has 1 unspecified atom stereocenters. The van der Waals surface area contributed by atoms with Crippen molar-refractivity contribution < 1.29 is 23.7 Å². The first-order valence-corrected chi connectivity index (χ1v) is 9.78. The zero-order valence-electron chi connectivity index (χ0n) is 16.9. The summed E-state index contributed by atoms with van der Waals surface area (Å²) in [6.45, 7) is 16.0. The largest absolute Gasteiger partial charge is 0.379 e. The average molecular weight is 364 g/mol. The van der Waals surface area contributed by atoms with Gasteiger partial charge in [0.2, 0.25) is 0 Å². The Kier molecular flexibility index (Phi) is 19.9. The van der Waals surface area contributed by atoms with Gasteiger partial charge in [0, 0.05) is 19.2 Å². The van der Waals surface area contributed by atoms with Crippen molar-refractivity contribution in [1.29, 1.82) is 0 Å². The lowest BCUT2D eigenvalue weighted by atomic mass is 10.1. The van der Waals surface area contributed by atoms with E-state index in [1.165, 1.54) is 6.42 Å². The summed E-state index contributed by atoms with van der Waals surface area (Å²) < 4.78 is 27.3. The molecule has 1 N–H and O–H groups in total. The second-order valence-electron chi connectivity index (χ2n) is 6.47. The van der Waals surface area contributed by atoms with Crippen LogP contribution < -0.4 is 5.32 Å². The standard InChI is InChI=1S/C19H41NO5/c1-5-19(4)6-8-21-10-12-23-14-16-25-17-15-24-13-11-22-9-7-20-18(2)3/h18-20H,5-17H2,1-4H3. The van der Waals surface area contributed by atoms with Crippen molar-refractivity contribution >= 4 is 0 Å². The highest BCUT2D eigenvalue weighted by Crippen LogP contribution is 2.05. The summed E-state index contributed by atoms with van der Waals surface area (Å²) in [6.07, 6.45) is 2.34. The zero-order valence-corrected chi connectivity index (χ0v) is 16.9. The van der Waals surface area contributed by atoms with E-state index in [4.69, 9.17) is 23.7 Å². The number of hydrogen-bond acceptors (Lipinski definition) is 6. The van der Waals surface area contributed by atoms with Crippen LogP contribution in [0.15, 0.2) is 0 Å². The van der Waals surface area contributed by atoms with E-state index in [1.54, 1.807) is 0 Å². The normalized spacial score (nSPS) is 12.8. The first-order valence-electron chi connectivity index (χ1n) is 9.78. The smallest absolute Gasteiger partial charge is 0.0701 e. The van der Waals surface area contributed by atoms with Crippen LogP contribution in [0.5, 0.6) is 0 Å². The summed E-state index contributed by atoms with van der Waals surface area (Å²) in [5.74, 6) is 0.741. The number of rotatable bonds is 20. The van der Waals surface area contributed by atoms with Gasteiger partial charge < -0.3 is 29.0 Å². The lowest BCUT2D eigenvalue weighted by Gasteiger charge is -2.10. The van der Waals surface area contributed by atoms with E-state index in [0.717, 1.165) is 32.1 Å². The highest BCUT2D eigenvalue weighted by molar-refractivity contribution is 4.50. The van der Waals surface area contributed by atoms with Crippen molar-refractivity contribution in [3.63, 3.8) is 0 Å². The maximum atomic E-state index is 5.52. The summed E-state index contributed by atoms with van der Waals surface area (Å²) in [6, 6.07) is 0.503. The Hall–Kier alpha value is -0.240. The van der Waals surface area contributed by atoms with Gasteiger partial charge in [0.15, 0.2) is 0 Å². The molecule has 0 aliphatic carbocycles. The summed E-state index contributed by atoms with van der Waals surface area (Å²) in [5.41, 5.74) is 0. The van der Waals surface area contributed by atoms with Gasteiger partial charge in [-0.1, -0.05) is 34.1 Å². The lowest BCUT2D eigenvalue weighted by molar-refractivity contribution is -0.0115. The third-order valence-electron chi connectivity index (χ3n) is 3.74. The Bertz CT molecular complexity index is 254. The highest BCUT2D eigenvalue weighted by atomic mass is 16.6. The molecule has 1 atom stereocenters. The van der Waals surface area contributed by atoms with Gasteiger partial charge in [-0.05, 0) is 12.3 Å². The minimum absolute atomic E-state index is 0.503. The van der Waals surface area contributed by atoms with E-state index < -0.39 is 0 Å². The van der Waals surface area contributed by atoms with Crippen LogP contribution in [0.3, 0.4) is 0 Å². The Labute approximate surface area is 154 Å². The molecule has 6 nitrogen and oxygen atoms in total. The van der Waals surface area contributed by atoms with Gasteiger partial charge in [-0.25, -0.2) is 0 Å². The summed E-state index contributed by atoms with van der Waals surface area (Å²) in [5, 5.41) is 3.30. The van der Waals surface area contributed by atoms with Crippen molar-refractivity contribution in [2.24, 2.45) is 5.92 Å². The van der Waals surface area contributed by atoms with Crippen molar-refractivity contribution in [3.8, 4) is 0 Å². The second kappa shape index (κ2) is 20.1. The van der Waals surface area contributed by atoms with Crippen LogP contribution in [0.1, 0.15) is 40.5 Å². The maximum Gasteiger partial charge on any atom is 0.0701 e. The Morgan fingerprint density at radius 2 is 1.00 bits per heavy atom. The third kappa shape index (κ3) is 21.7. The van der Waals surface area contributed by atoms with E-state index in [2.05, 4.69) is 33.0 Å². The molecule has 0 saturated carbocycles. The Morgan fingerprint density at radius 3 is 1.40 bits per heavy atom. The van der Waals surface area contributed by atoms with E-state index in [0.29, 0.717) is 58.9 Å². The van der Waals surface area contributed by atoms with Crippen LogP contribution in [0.4, 0.5) is 0 Å². The van der Waals surface area contributed by atoms with E-state index in [-0.39, 0.29) is 0 Å². The highest BCUT2D eigenvalue weighted by Gasteiger charge is 1.98. The summed E-state index contributed by atoms with van der Waals surface area (Å²) in [7, 11) is 0. The van der Waals surface area contributed by atoms with Crippen molar-refractivity contribution in [2.75, 3.05) is 72.6 Å². The third-order valence-corrected chi connectivity index (χ3v) is 3.74. The fraction of sp³-hybridized carbons (Fsp3) is 1.00.